The van der Waals surface area contributed by atoms with Crippen LogP contribution in [0.3, 0.4) is 0 Å². The summed E-state index contributed by atoms with van der Waals surface area (Å²) in [7, 11) is 0. The van der Waals surface area contributed by atoms with Crippen LogP contribution in [0.25, 0.3) is 0 Å². The Bertz CT molecular complexity index is 1030. The number of halogens is 4. The normalized spacial score (nSPS) is 11.4. The van der Waals surface area contributed by atoms with E-state index < -0.39 is 11.7 Å². The number of alkyl halides is 3. The summed E-state index contributed by atoms with van der Waals surface area (Å²) >= 11 is 3.38. The van der Waals surface area contributed by atoms with Crippen LogP contribution < -0.4 is 5.32 Å². The molecule has 0 saturated carbocycles. The molecule has 0 radical (unpaired) electrons. The zero-order chi connectivity index (χ0) is 23.1. The molecule has 1 heterocycles. The average molecular weight is 508 g/mol. The number of nitrogens with zero attached hydrogens (tertiary/aromatic N) is 2. The fraction of sp³-hybridized carbons (Fsp3) is 0.292. The predicted molar refractivity (Wildman–Crippen MR) is 123 cm³/mol. The van der Waals surface area contributed by atoms with Gasteiger partial charge < -0.3 is 14.8 Å². The Morgan fingerprint density at radius 2 is 1.84 bits per heavy atom. The van der Waals surface area contributed by atoms with E-state index in [2.05, 4.69) is 28.2 Å². The van der Waals surface area contributed by atoms with Gasteiger partial charge in [0.25, 0.3) is 0 Å². The molecular weight excluding hydrogens is 483 g/mol. The van der Waals surface area contributed by atoms with Gasteiger partial charge in [0.1, 0.15) is 0 Å². The topological polar surface area (TPSA) is 37.3 Å². The lowest BCUT2D eigenvalue weighted by Gasteiger charge is -2.24. The maximum absolute atomic E-state index is 13.0. The molecular formula is C24H25BrF3N3O. The highest BCUT2D eigenvalue weighted by atomic mass is 79.9. The number of anilines is 1. The molecule has 8 heteroatoms. The van der Waals surface area contributed by atoms with E-state index in [0.717, 1.165) is 29.1 Å². The smallest absolute Gasteiger partial charge is 0.345 e. The number of nitrogens with one attached hydrogen (secondary N) is 1. The molecule has 1 aromatic heterocycles. The Hall–Kier alpha value is -2.74. The lowest BCUT2D eigenvalue weighted by molar-refractivity contribution is -0.137. The van der Waals surface area contributed by atoms with E-state index in [0.29, 0.717) is 30.9 Å². The van der Waals surface area contributed by atoms with E-state index in [1.807, 2.05) is 47.2 Å². The summed E-state index contributed by atoms with van der Waals surface area (Å²) in [5.74, 6) is 0. The highest BCUT2D eigenvalue weighted by Crippen LogP contribution is 2.29. The minimum atomic E-state index is -4.38. The molecule has 3 aromatic rings. The number of hydrogen-bond donors (Lipinski definition) is 1. The third kappa shape index (κ3) is 6.63. The van der Waals surface area contributed by atoms with Crippen LogP contribution in [0.15, 0.2) is 71.3 Å². The summed E-state index contributed by atoms with van der Waals surface area (Å²) in [5.41, 5.74) is 1.43. The van der Waals surface area contributed by atoms with Crippen LogP contribution in [0.1, 0.15) is 36.6 Å². The minimum Gasteiger partial charge on any atom is -0.345 e. The van der Waals surface area contributed by atoms with Crippen molar-refractivity contribution in [3.05, 3.63) is 88.2 Å². The van der Waals surface area contributed by atoms with Gasteiger partial charge in [0.15, 0.2) is 0 Å². The molecule has 0 atom stereocenters. The van der Waals surface area contributed by atoms with Gasteiger partial charge in [-0.1, -0.05) is 41.4 Å². The highest BCUT2D eigenvalue weighted by molar-refractivity contribution is 9.10. The van der Waals surface area contributed by atoms with E-state index in [4.69, 9.17) is 0 Å². The van der Waals surface area contributed by atoms with Crippen molar-refractivity contribution in [2.24, 2.45) is 0 Å². The first kappa shape index (κ1) is 23.9. The van der Waals surface area contributed by atoms with Crippen molar-refractivity contribution in [1.29, 1.82) is 0 Å². The molecule has 0 aliphatic carbocycles. The summed E-state index contributed by atoms with van der Waals surface area (Å²) in [6.07, 6.45) is -0.771. The monoisotopic (exact) mass is 507 g/mol. The van der Waals surface area contributed by atoms with Gasteiger partial charge in [-0.25, -0.2) is 4.79 Å². The lowest BCUT2D eigenvalue weighted by Crippen LogP contribution is -2.36. The number of carbonyl (C=O) groups excluding carboxylic acids is 1. The molecule has 4 nitrogen and oxygen atoms in total. The van der Waals surface area contributed by atoms with Crippen LogP contribution in [0, 0.1) is 0 Å². The van der Waals surface area contributed by atoms with Crippen LogP contribution >= 0.6 is 15.9 Å². The van der Waals surface area contributed by atoms with Crippen molar-refractivity contribution in [2.45, 2.75) is 39.0 Å². The van der Waals surface area contributed by atoms with Gasteiger partial charge in [0, 0.05) is 35.1 Å². The van der Waals surface area contributed by atoms with Crippen LogP contribution in [0.4, 0.5) is 23.7 Å². The van der Waals surface area contributed by atoms with Gasteiger partial charge >= 0.3 is 12.2 Å². The number of carbonyl (C=O) groups is 1. The summed E-state index contributed by atoms with van der Waals surface area (Å²) in [4.78, 5) is 14.6. The Balaban J connectivity index is 1.74. The maximum atomic E-state index is 13.0. The predicted octanol–water partition coefficient (Wildman–Crippen LogP) is 7.15. The Morgan fingerprint density at radius 1 is 1.09 bits per heavy atom. The second kappa shape index (κ2) is 10.7. The molecule has 0 fully saturated rings. The first-order valence-electron chi connectivity index (χ1n) is 10.4. The van der Waals surface area contributed by atoms with Crippen molar-refractivity contribution in [3.63, 3.8) is 0 Å². The standard InChI is InChI=1S/C24H25BrF3N3O/c1-2-3-13-31(23(32)29-21-11-9-20(25)10-12-21)17-22-8-5-14-30(22)16-18-6-4-7-19(15-18)24(26,27)28/h4-12,14-15H,2-3,13,16-17H2,1H3,(H,29,32). The molecule has 2 aromatic carbocycles. The Kier molecular flexibility index (Phi) is 8.01. The van der Waals surface area contributed by atoms with E-state index in [1.54, 1.807) is 11.0 Å². The lowest BCUT2D eigenvalue weighted by atomic mass is 10.1. The molecule has 2 amide bonds. The van der Waals surface area contributed by atoms with Crippen LogP contribution in [-0.4, -0.2) is 22.0 Å². The first-order valence-corrected chi connectivity index (χ1v) is 11.2. The van der Waals surface area contributed by atoms with Crippen LogP contribution in [0.5, 0.6) is 0 Å². The summed E-state index contributed by atoms with van der Waals surface area (Å²) in [6, 6.07) is 16.2. The number of rotatable bonds is 8. The van der Waals surface area contributed by atoms with Gasteiger partial charge in [-0.3, -0.25) is 0 Å². The number of amides is 2. The van der Waals surface area contributed by atoms with E-state index in [-0.39, 0.29) is 6.03 Å². The number of urea groups is 1. The third-order valence-electron chi connectivity index (χ3n) is 5.05. The Labute approximate surface area is 194 Å². The first-order chi connectivity index (χ1) is 15.3. The molecule has 0 aliphatic heterocycles. The zero-order valence-electron chi connectivity index (χ0n) is 17.7. The molecule has 32 heavy (non-hydrogen) atoms. The van der Waals surface area contributed by atoms with E-state index >= 15 is 0 Å². The molecule has 170 valence electrons. The zero-order valence-corrected chi connectivity index (χ0v) is 19.3. The average Bonchev–Trinajstić information content (AvgIpc) is 3.18. The van der Waals surface area contributed by atoms with Gasteiger partial charge in [-0.2, -0.15) is 13.2 Å². The van der Waals surface area contributed by atoms with Gasteiger partial charge in [-0.15, -0.1) is 0 Å². The second-order valence-corrected chi connectivity index (χ2v) is 8.45. The summed E-state index contributed by atoms with van der Waals surface area (Å²) in [6.45, 7) is 3.28. The SMILES string of the molecule is CCCCN(Cc1cccn1Cc1cccc(C(F)(F)F)c1)C(=O)Nc1ccc(Br)cc1. The largest absolute Gasteiger partial charge is 0.416 e. The molecule has 3 rings (SSSR count). The van der Waals surface area contributed by atoms with Gasteiger partial charge in [0.05, 0.1) is 12.1 Å². The van der Waals surface area contributed by atoms with Crippen molar-refractivity contribution in [1.82, 2.24) is 9.47 Å². The third-order valence-corrected chi connectivity index (χ3v) is 5.58. The van der Waals surface area contributed by atoms with Crippen molar-refractivity contribution in [2.75, 3.05) is 11.9 Å². The van der Waals surface area contributed by atoms with Crippen LogP contribution in [0.2, 0.25) is 0 Å². The Morgan fingerprint density at radius 3 is 2.53 bits per heavy atom. The number of hydrogen-bond acceptors (Lipinski definition) is 1. The fourth-order valence-corrected chi connectivity index (χ4v) is 3.59. The van der Waals surface area contributed by atoms with Crippen molar-refractivity contribution < 1.29 is 18.0 Å². The number of unbranched alkanes of at least 4 members (excludes halogenated alkanes) is 1. The molecule has 0 saturated heterocycles. The molecule has 0 bridgehead atoms. The highest BCUT2D eigenvalue weighted by Gasteiger charge is 2.30. The van der Waals surface area contributed by atoms with Crippen LogP contribution in [-0.2, 0) is 19.3 Å². The quantitative estimate of drug-likeness (QED) is 0.345. The number of aromatic nitrogens is 1. The van der Waals surface area contributed by atoms with E-state index in [1.165, 1.54) is 12.1 Å². The minimum absolute atomic E-state index is 0.215. The molecule has 0 spiro atoms. The molecule has 0 aliphatic rings. The van der Waals surface area contributed by atoms with Gasteiger partial charge in [-0.05, 0) is 60.5 Å². The molecule has 0 unspecified atom stereocenters. The number of benzene rings is 2. The molecule has 1 N–H and O–H groups in total. The fourth-order valence-electron chi connectivity index (χ4n) is 3.32. The van der Waals surface area contributed by atoms with E-state index in [9.17, 15) is 18.0 Å². The summed E-state index contributed by atoms with van der Waals surface area (Å²) < 4.78 is 41.9. The van der Waals surface area contributed by atoms with Crippen molar-refractivity contribution >= 4 is 27.6 Å². The van der Waals surface area contributed by atoms with Gasteiger partial charge in [0.2, 0.25) is 0 Å². The maximum Gasteiger partial charge on any atom is 0.416 e. The van der Waals surface area contributed by atoms with Crippen molar-refractivity contribution in [3.8, 4) is 0 Å². The summed E-state index contributed by atoms with van der Waals surface area (Å²) in [5, 5.41) is 2.92. The second-order valence-electron chi connectivity index (χ2n) is 7.54.